The van der Waals surface area contributed by atoms with Gasteiger partial charge in [-0.15, -0.1) is 0 Å². The molecule has 1 fully saturated rings. The summed E-state index contributed by atoms with van der Waals surface area (Å²) < 4.78 is 25.0. The molecule has 1 saturated carbocycles. The van der Waals surface area contributed by atoms with E-state index in [4.69, 9.17) is 5.26 Å². The first-order chi connectivity index (χ1) is 9.93. The van der Waals surface area contributed by atoms with Gasteiger partial charge in [-0.25, -0.2) is 8.42 Å². The van der Waals surface area contributed by atoms with Crippen LogP contribution in [0.5, 0.6) is 0 Å². The third-order valence-electron chi connectivity index (χ3n) is 3.26. The fraction of sp³-hybridized carbons (Fsp3) is 0.429. The van der Waals surface area contributed by atoms with Crippen molar-refractivity contribution in [2.45, 2.75) is 12.8 Å². The first kappa shape index (κ1) is 15.3. The molecule has 0 unspecified atom stereocenters. The second kappa shape index (κ2) is 6.14. The molecule has 6 nitrogen and oxygen atoms in total. The van der Waals surface area contributed by atoms with Gasteiger partial charge in [0.2, 0.25) is 15.9 Å². The number of carbonyl (C=O) groups excluding carboxylic acids is 1. The number of para-hydroxylation sites is 1. The molecule has 0 radical (unpaired) electrons. The average Bonchev–Trinajstić information content (AvgIpc) is 3.26. The van der Waals surface area contributed by atoms with Crippen molar-refractivity contribution >= 4 is 21.6 Å². The van der Waals surface area contributed by atoms with E-state index in [2.05, 4.69) is 5.32 Å². The number of benzene rings is 1. The molecule has 0 aromatic heterocycles. The second-order valence-electron chi connectivity index (χ2n) is 5.03. The third-order valence-corrected chi connectivity index (χ3v) is 4.44. The van der Waals surface area contributed by atoms with Crippen molar-refractivity contribution in [1.29, 1.82) is 5.26 Å². The van der Waals surface area contributed by atoms with Gasteiger partial charge in [-0.3, -0.25) is 9.10 Å². The lowest BCUT2D eigenvalue weighted by Crippen LogP contribution is -2.38. The Labute approximate surface area is 124 Å². The number of rotatable bonds is 6. The number of nitriles is 1. The minimum atomic E-state index is -3.52. The minimum absolute atomic E-state index is 0.0305. The van der Waals surface area contributed by atoms with Gasteiger partial charge in [0.1, 0.15) is 6.07 Å². The molecular weight excluding hydrogens is 290 g/mol. The average molecular weight is 307 g/mol. The molecular formula is C14H17N3O3S. The zero-order chi connectivity index (χ0) is 15.5. The van der Waals surface area contributed by atoms with E-state index in [1.807, 2.05) is 6.07 Å². The van der Waals surface area contributed by atoms with Crippen LogP contribution in [-0.4, -0.2) is 33.7 Å². The highest BCUT2D eigenvalue weighted by molar-refractivity contribution is 7.92. The Morgan fingerprint density at radius 1 is 1.43 bits per heavy atom. The van der Waals surface area contributed by atoms with Gasteiger partial charge in [-0.05, 0) is 25.0 Å². The zero-order valence-electron chi connectivity index (χ0n) is 11.7. The van der Waals surface area contributed by atoms with E-state index in [0.717, 1.165) is 23.4 Å². The van der Waals surface area contributed by atoms with Crippen molar-refractivity contribution in [3.8, 4) is 6.07 Å². The highest BCUT2D eigenvalue weighted by atomic mass is 32.2. The lowest BCUT2D eigenvalue weighted by Gasteiger charge is -2.23. The smallest absolute Gasteiger partial charge is 0.232 e. The SMILES string of the molecule is CS(=O)(=O)N(CCNC(=O)C1CC1)c1ccccc1C#N. The zero-order valence-corrected chi connectivity index (χ0v) is 12.6. The van der Waals surface area contributed by atoms with Crippen LogP contribution in [0.1, 0.15) is 18.4 Å². The summed E-state index contributed by atoms with van der Waals surface area (Å²) in [5, 5.41) is 11.8. The molecule has 0 bridgehead atoms. The fourth-order valence-corrected chi connectivity index (χ4v) is 2.96. The predicted octanol–water partition coefficient (Wildman–Crippen LogP) is 0.850. The molecule has 1 amide bonds. The predicted molar refractivity (Wildman–Crippen MR) is 79.1 cm³/mol. The van der Waals surface area contributed by atoms with Crippen molar-refractivity contribution in [3.05, 3.63) is 29.8 Å². The molecule has 0 saturated heterocycles. The Morgan fingerprint density at radius 2 is 2.10 bits per heavy atom. The molecule has 0 heterocycles. The number of hydrogen-bond acceptors (Lipinski definition) is 4. The lowest BCUT2D eigenvalue weighted by molar-refractivity contribution is -0.122. The maximum Gasteiger partial charge on any atom is 0.232 e. The molecule has 1 aliphatic rings. The number of amides is 1. The molecule has 1 N–H and O–H groups in total. The summed E-state index contributed by atoms with van der Waals surface area (Å²) in [5.74, 6) is 0.0556. The highest BCUT2D eigenvalue weighted by Crippen LogP contribution is 2.28. The van der Waals surface area contributed by atoms with Crippen LogP contribution in [0, 0.1) is 17.2 Å². The summed E-state index contributed by atoms with van der Waals surface area (Å²) in [4.78, 5) is 11.6. The maximum absolute atomic E-state index is 11.9. The first-order valence-corrected chi connectivity index (χ1v) is 8.53. The van der Waals surface area contributed by atoms with Gasteiger partial charge in [0.15, 0.2) is 0 Å². The first-order valence-electron chi connectivity index (χ1n) is 6.68. The van der Waals surface area contributed by atoms with Crippen LogP contribution in [0.2, 0.25) is 0 Å². The van der Waals surface area contributed by atoms with Crippen molar-refractivity contribution in [1.82, 2.24) is 5.32 Å². The summed E-state index contributed by atoms with van der Waals surface area (Å²) in [5.41, 5.74) is 0.625. The van der Waals surface area contributed by atoms with Crippen LogP contribution < -0.4 is 9.62 Å². The molecule has 0 spiro atoms. The van der Waals surface area contributed by atoms with Gasteiger partial charge in [-0.2, -0.15) is 5.26 Å². The molecule has 0 atom stereocenters. The van der Waals surface area contributed by atoms with Crippen LogP contribution in [0.3, 0.4) is 0 Å². The second-order valence-corrected chi connectivity index (χ2v) is 6.94. The van der Waals surface area contributed by atoms with E-state index < -0.39 is 10.0 Å². The number of sulfonamides is 1. The largest absolute Gasteiger partial charge is 0.354 e. The maximum atomic E-state index is 11.9. The van der Waals surface area contributed by atoms with Gasteiger partial charge >= 0.3 is 0 Å². The van der Waals surface area contributed by atoms with Gasteiger partial charge in [-0.1, -0.05) is 12.1 Å². The molecule has 1 aromatic carbocycles. The Hall–Kier alpha value is -2.07. The van der Waals surface area contributed by atoms with Crippen molar-refractivity contribution in [2.24, 2.45) is 5.92 Å². The summed E-state index contributed by atoms with van der Waals surface area (Å²) in [6.45, 7) is 0.332. The number of nitrogens with one attached hydrogen (secondary N) is 1. The summed E-state index contributed by atoms with van der Waals surface area (Å²) in [7, 11) is -3.52. The Kier molecular flexibility index (Phi) is 4.48. The summed E-state index contributed by atoms with van der Waals surface area (Å²) >= 11 is 0. The monoisotopic (exact) mass is 307 g/mol. The van der Waals surface area contributed by atoms with E-state index >= 15 is 0 Å². The van der Waals surface area contributed by atoms with Crippen LogP contribution >= 0.6 is 0 Å². The standard InChI is InChI=1S/C14H17N3O3S/c1-21(19,20)17(9-8-16-14(18)11-6-7-11)13-5-3-2-4-12(13)10-15/h2-5,11H,6-9H2,1H3,(H,16,18). The molecule has 2 rings (SSSR count). The van der Waals surface area contributed by atoms with E-state index in [1.54, 1.807) is 24.3 Å². The van der Waals surface area contributed by atoms with Gasteiger partial charge in [0, 0.05) is 12.5 Å². The van der Waals surface area contributed by atoms with Crippen LogP contribution in [0.15, 0.2) is 24.3 Å². The Balaban J connectivity index is 2.11. The molecule has 1 aliphatic carbocycles. The van der Waals surface area contributed by atoms with E-state index in [9.17, 15) is 13.2 Å². The van der Waals surface area contributed by atoms with Gasteiger partial charge < -0.3 is 5.32 Å². The molecule has 7 heteroatoms. The Morgan fingerprint density at radius 3 is 2.67 bits per heavy atom. The van der Waals surface area contributed by atoms with Crippen molar-refractivity contribution < 1.29 is 13.2 Å². The molecule has 112 valence electrons. The van der Waals surface area contributed by atoms with Crippen LogP contribution in [0.4, 0.5) is 5.69 Å². The van der Waals surface area contributed by atoms with Crippen molar-refractivity contribution in [2.75, 3.05) is 23.7 Å². The topological polar surface area (TPSA) is 90.3 Å². The molecule has 1 aromatic rings. The number of anilines is 1. The fourth-order valence-electron chi connectivity index (χ4n) is 2.02. The normalized spacial score (nSPS) is 14.3. The third kappa shape index (κ3) is 3.95. The van der Waals surface area contributed by atoms with Gasteiger partial charge in [0.05, 0.1) is 24.1 Å². The Bertz CT molecular complexity index is 675. The summed E-state index contributed by atoms with van der Waals surface area (Å²) in [6, 6.07) is 8.49. The van der Waals surface area contributed by atoms with Crippen molar-refractivity contribution in [3.63, 3.8) is 0 Å². The lowest BCUT2D eigenvalue weighted by atomic mass is 10.2. The van der Waals surface area contributed by atoms with E-state index in [1.165, 1.54) is 0 Å². The number of nitrogens with zero attached hydrogens (tertiary/aromatic N) is 2. The number of carbonyl (C=O) groups is 1. The quantitative estimate of drug-likeness (QED) is 0.843. The number of hydrogen-bond donors (Lipinski definition) is 1. The van der Waals surface area contributed by atoms with Crippen LogP contribution in [-0.2, 0) is 14.8 Å². The minimum Gasteiger partial charge on any atom is -0.354 e. The molecule has 0 aliphatic heterocycles. The van der Waals surface area contributed by atoms with E-state index in [0.29, 0.717) is 5.69 Å². The summed E-state index contributed by atoms with van der Waals surface area (Å²) in [6.07, 6.45) is 2.89. The molecule has 21 heavy (non-hydrogen) atoms. The van der Waals surface area contributed by atoms with Gasteiger partial charge in [0.25, 0.3) is 0 Å². The van der Waals surface area contributed by atoms with Crippen LogP contribution in [0.25, 0.3) is 0 Å². The highest BCUT2D eigenvalue weighted by Gasteiger charge is 2.29. The van der Waals surface area contributed by atoms with E-state index in [-0.39, 0.29) is 30.5 Å².